The zero-order chi connectivity index (χ0) is 20.8. The van der Waals surface area contributed by atoms with Gasteiger partial charge in [0.2, 0.25) is 5.71 Å². The number of fused-ring (bicyclic) bond motifs is 1. The molecule has 0 N–H and O–H groups in total. The molecule has 0 saturated carbocycles. The molecule has 6 rings (SSSR count). The van der Waals surface area contributed by atoms with Crippen molar-refractivity contribution in [2.75, 3.05) is 13.2 Å². The van der Waals surface area contributed by atoms with Crippen LogP contribution in [0.2, 0.25) is 0 Å². The Hall–Kier alpha value is -3.84. The number of aromatic nitrogens is 4. The standard InChI is InChI=1S/C24H17FN4O2/c25-17-8-6-16(7-9-17)22-20(11-29(28-22)18-12-30-13-18)23-19-10-21(15-4-2-1-3-5-15)31-24(19)27-14-26-23/h1-11,14,18H,12-13H2. The summed E-state index contributed by atoms with van der Waals surface area (Å²) in [5, 5.41) is 5.60. The zero-order valence-corrected chi connectivity index (χ0v) is 16.4. The van der Waals surface area contributed by atoms with Crippen LogP contribution in [-0.2, 0) is 4.74 Å². The summed E-state index contributed by atoms with van der Waals surface area (Å²) in [5.41, 5.74) is 4.58. The zero-order valence-electron chi connectivity index (χ0n) is 16.4. The van der Waals surface area contributed by atoms with Gasteiger partial charge in [-0.2, -0.15) is 5.10 Å². The minimum atomic E-state index is -0.288. The molecule has 5 aromatic rings. The van der Waals surface area contributed by atoms with Crippen LogP contribution >= 0.6 is 0 Å². The van der Waals surface area contributed by atoms with Crippen molar-refractivity contribution in [3.63, 3.8) is 0 Å². The van der Waals surface area contributed by atoms with Gasteiger partial charge in [-0.25, -0.2) is 14.4 Å². The van der Waals surface area contributed by atoms with E-state index in [1.165, 1.54) is 18.5 Å². The summed E-state index contributed by atoms with van der Waals surface area (Å²) in [5.74, 6) is 0.435. The first kappa shape index (κ1) is 18.0. The van der Waals surface area contributed by atoms with Gasteiger partial charge in [-0.3, -0.25) is 4.68 Å². The molecular formula is C24H17FN4O2. The second kappa shape index (κ2) is 7.14. The van der Waals surface area contributed by atoms with Crippen LogP contribution in [0.5, 0.6) is 0 Å². The minimum Gasteiger partial charge on any atom is -0.438 e. The predicted molar refractivity (Wildman–Crippen MR) is 114 cm³/mol. The monoisotopic (exact) mass is 412 g/mol. The van der Waals surface area contributed by atoms with Gasteiger partial charge < -0.3 is 9.15 Å². The molecule has 0 unspecified atom stereocenters. The first-order chi connectivity index (χ1) is 15.3. The van der Waals surface area contributed by atoms with Crippen LogP contribution in [0.3, 0.4) is 0 Å². The number of furan rings is 1. The highest BCUT2D eigenvalue weighted by atomic mass is 19.1. The van der Waals surface area contributed by atoms with E-state index in [2.05, 4.69) is 9.97 Å². The molecule has 1 aliphatic rings. The molecule has 1 saturated heterocycles. The molecule has 0 aliphatic carbocycles. The van der Waals surface area contributed by atoms with E-state index in [-0.39, 0.29) is 11.9 Å². The smallest absolute Gasteiger partial charge is 0.230 e. The van der Waals surface area contributed by atoms with E-state index in [1.54, 1.807) is 12.1 Å². The van der Waals surface area contributed by atoms with E-state index < -0.39 is 0 Å². The Balaban J connectivity index is 1.54. The first-order valence-electron chi connectivity index (χ1n) is 9.99. The van der Waals surface area contributed by atoms with Crippen molar-refractivity contribution < 1.29 is 13.5 Å². The molecule has 0 radical (unpaired) electrons. The van der Waals surface area contributed by atoms with E-state index in [0.717, 1.165) is 39.2 Å². The third-order valence-corrected chi connectivity index (χ3v) is 5.49. The third-order valence-electron chi connectivity index (χ3n) is 5.49. The summed E-state index contributed by atoms with van der Waals surface area (Å²) in [6.45, 7) is 1.24. The lowest BCUT2D eigenvalue weighted by Gasteiger charge is -2.25. The van der Waals surface area contributed by atoms with Crippen molar-refractivity contribution in [2.24, 2.45) is 0 Å². The van der Waals surface area contributed by atoms with Gasteiger partial charge in [-0.1, -0.05) is 30.3 Å². The maximum Gasteiger partial charge on any atom is 0.230 e. The summed E-state index contributed by atoms with van der Waals surface area (Å²) >= 11 is 0. The van der Waals surface area contributed by atoms with Gasteiger partial charge >= 0.3 is 0 Å². The molecule has 1 fully saturated rings. The predicted octanol–water partition coefficient (Wildman–Crippen LogP) is 5.13. The van der Waals surface area contributed by atoms with Gasteiger partial charge in [0, 0.05) is 22.9 Å². The van der Waals surface area contributed by atoms with Gasteiger partial charge in [0.25, 0.3) is 0 Å². The summed E-state index contributed by atoms with van der Waals surface area (Å²) in [4.78, 5) is 8.90. The SMILES string of the molecule is Fc1ccc(-c2nn(C3COC3)cc2-c2ncnc3oc(-c4ccccc4)cc23)cc1. The largest absolute Gasteiger partial charge is 0.438 e. The molecule has 6 nitrogen and oxygen atoms in total. The first-order valence-corrected chi connectivity index (χ1v) is 9.99. The lowest BCUT2D eigenvalue weighted by Crippen LogP contribution is -2.30. The molecular weight excluding hydrogens is 395 g/mol. The van der Waals surface area contributed by atoms with Crippen LogP contribution in [-0.4, -0.2) is 33.0 Å². The van der Waals surface area contributed by atoms with Gasteiger partial charge in [-0.05, 0) is 30.3 Å². The van der Waals surface area contributed by atoms with Crippen molar-refractivity contribution >= 4 is 11.1 Å². The van der Waals surface area contributed by atoms with Crippen LogP contribution < -0.4 is 0 Å². The van der Waals surface area contributed by atoms with E-state index in [9.17, 15) is 4.39 Å². The second-order valence-corrected chi connectivity index (χ2v) is 7.49. The summed E-state index contributed by atoms with van der Waals surface area (Å²) in [6.07, 6.45) is 3.47. The summed E-state index contributed by atoms with van der Waals surface area (Å²) in [6, 6.07) is 18.3. The number of rotatable bonds is 4. The Morgan fingerprint density at radius 1 is 0.903 bits per heavy atom. The Morgan fingerprint density at radius 2 is 1.71 bits per heavy atom. The molecule has 2 aromatic carbocycles. The molecule has 0 spiro atoms. The van der Waals surface area contributed by atoms with Crippen LogP contribution in [0.25, 0.3) is 44.9 Å². The van der Waals surface area contributed by atoms with Gasteiger partial charge in [0.1, 0.15) is 23.6 Å². The van der Waals surface area contributed by atoms with Crippen molar-refractivity contribution in [1.82, 2.24) is 19.7 Å². The lowest BCUT2D eigenvalue weighted by molar-refractivity contribution is -0.0285. The highest BCUT2D eigenvalue weighted by Gasteiger charge is 2.25. The van der Waals surface area contributed by atoms with Crippen molar-refractivity contribution in [1.29, 1.82) is 0 Å². The topological polar surface area (TPSA) is 66.0 Å². The molecule has 7 heteroatoms. The Labute approximate surface area is 176 Å². The van der Waals surface area contributed by atoms with Crippen LogP contribution in [0.1, 0.15) is 6.04 Å². The quantitative estimate of drug-likeness (QED) is 0.409. The van der Waals surface area contributed by atoms with Crippen molar-refractivity contribution in [2.45, 2.75) is 6.04 Å². The molecule has 0 atom stereocenters. The van der Waals surface area contributed by atoms with E-state index in [1.807, 2.05) is 47.3 Å². The number of ether oxygens (including phenoxy) is 1. The fourth-order valence-corrected chi connectivity index (χ4v) is 3.76. The number of benzene rings is 2. The minimum absolute atomic E-state index is 0.175. The molecule has 152 valence electrons. The van der Waals surface area contributed by atoms with Gasteiger partial charge in [-0.15, -0.1) is 0 Å². The Kier molecular flexibility index (Phi) is 4.14. The van der Waals surface area contributed by atoms with Crippen LogP contribution in [0, 0.1) is 5.82 Å². The Morgan fingerprint density at radius 3 is 2.45 bits per heavy atom. The average molecular weight is 412 g/mol. The maximum absolute atomic E-state index is 13.5. The maximum atomic E-state index is 13.5. The van der Waals surface area contributed by atoms with E-state index in [4.69, 9.17) is 14.3 Å². The van der Waals surface area contributed by atoms with Crippen molar-refractivity contribution in [3.8, 4) is 33.8 Å². The highest BCUT2D eigenvalue weighted by Crippen LogP contribution is 2.37. The molecule has 0 amide bonds. The molecule has 1 aliphatic heterocycles. The average Bonchev–Trinajstić information content (AvgIpc) is 3.38. The molecule has 31 heavy (non-hydrogen) atoms. The summed E-state index contributed by atoms with van der Waals surface area (Å²) < 4.78 is 26.8. The molecule has 3 aromatic heterocycles. The van der Waals surface area contributed by atoms with Gasteiger partial charge in [0.15, 0.2) is 0 Å². The fourth-order valence-electron chi connectivity index (χ4n) is 3.76. The van der Waals surface area contributed by atoms with Gasteiger partial charge in [0.05, 0.1) is 30.3 Å². The highest BCUT2D eigenvalue weighted by molar-refractivity contribution is 5.95. The number of nitrogens with zero attached hydrogens (tertiary/aromatic N) is 4. The molecule has 0 bridgehead atoms. The normalized spacial score (nSPS) is 14.1. The number of halogens is 1. The van der Waals surface area contributed by atoms with E-state index >= 15 is 0 Å². The Bertz CT molecular complexity index is 1370. The van der Waals surface area contributed by atoms with E-state index in [0.29, 0.717) is 18.9 Å². The summed E-state index contributed by atoms with van der Waals surface area (Å²) in [7, 11) is 0. The van der Waals surface area contributed by atoms with Crippen LogP contribution in [0.4, 0.5) is 4.39 Å². The number of hydrogen-bond donors (Lipinski definition) is 0. The second-order valence-electron chi connectivity index (χ2n) is 7.49. The number of hydrogen-bond acceptors (Lipinski definition) is 5. The van der Waals surface area contributed by atoms with Crippen LogP contribution in [0.15, 0.2) is 77.6 Å². The van der Waals surface area contributed by atoms with Crippen molar-refractivity contribution in [3.05, 3.63) is 79.0 Å². The lowest BCUT2D eigenvalue weighted by atomic mass is 10.0. The third kappa shape index (κ3) is 3.10. The fraction of sp³-hybridized carbons (Fsp3) is 0.125. The molecule has 4 heterocycles.